The first-order valence-electron chi connectivity index (χ1n) is 11.4. The number of pyridine rings is 1. The Bertz CT molecular complexity index is 976. The van der Waals surface area contributed by atoms with Gasteiger partial charge >= 0.3 is 5.97 Å². The van der Waals surface area contributed by atoms with Crippen LogP contribution < -0.4 is 0 Å². The van der Waals surface area contributed by atoms with Gasteiger partial charge in [-0.1, -0.05) is 30.2 Å². The molecule has 5 rings (SSSR count). The lowest BCUT2D eigenvalue weighted by atomic mass is 9.49. The Labute approximate surface area is 178 Å². The summed E-state index contributed by atoms with van der Waals surface area (Å²) in [7, 11) is 0. The second-order valence-corrected chi connectivity index (χ2v) is 10.2. The highest BCUT2D eigenvalue weighted by Gasteiger charge is 2.55. The summed E-state index contributed by atoms with van der Waals surface area (Å²) in [5.74, 6) is 1.25. The van der Waals surface area contributed by atoms with Gasteiger partial charge in [0.05, 0.1) is 5.56 Å². The molecule has 4 nitrogen and oxygen atoms in total. The van der Waals surface area contributed by atoms with E-state index in [0.29, 0.717) is 29.6 Å². The van der Waals surface area contributed by atoms with E-state index >= 15 is 0 Å². The van der Waals surface area contributed by atoms with Crippen molar-refractivity contribution in [3.63, 3.8) is 0 Å². The van der Waals surface area contributed by atoms with Crippen LogP contribution in [0, 0.1) is 29.6 Å². The van der Waals surface area contributed by atoms with Gasteiger partial charge in [0.2, 0.25) is 0 Å². The fraction of sp³-hybridized carbons (Fsp3) is 0.577. The van der Waals surface area contributed by atoms with E-state index in [9.17, 15) is 9.59 Å². The predicted octanol–water partition coefficient (Wildman–Crippen LogP) is 5.37. The van der Waals surface area contributed by atoms with Gasteiger partial charge in [0.25, 0.3) is 0 Å². The summed E-state index contributed by atoms with van der Waals surface area (Å²) in [6.07, 6.45) is 14.4. The first-order chi connectivity index (χ1) is 14.3. The first-order valence-corrected chi connectivity index (χ1v) is 11.4. The molecule has 0 aromatic carbocycles. The molecule has 1 heterocycles. The number of ketones is 1. The van der Waals surface area contributed by atoms with Crippen molar-refractivity contribution in [2.24, 2.45) is 22.7 Å². The van der Waals surface area contributed by atoms with Crippen molar-refractivity contribution in [2.45, 2.75) is 71.8 Å². The number of aryl methyl sites for hydroxylation is 1. The topological polar surface area (TPSA) is 56.3 Å². The predicted molar refractivity (Wildman–Crippen MR) is 115 cm³/mol. The lowest BCUT2D eigenvalue weighted by Gasteiger charge is -2.55. The molecule has 0 N–H and O–H groups in total. The number of ether oxygens (including phenoxy) is 1. The molecule has 0 bridgehead atoms. The van der Waals surface area contributed by atoms with Gasteiger partial charge in [-0.25, -0.2) is 4.79 Å². The van der Waals surface area contributed by atoms with Crippen molar-refractivity contribution in [1.29, 1.82) is 0 Å². The number of esters is 1. The number of hydrogen-bond acceptors (Lipinski definition) is 4. The number of aromatic nitrogens is 1. The lowest BCUT2D eigenvalue weighted by molar-refractivity contribution is -0.126. The molecule has 0 spiro atoms. The number of fused-ring (bicyclic) bond motifs is 5. The largest absolute Gasteiger partial charge is 0.458 e. The number of carbonyl (C=O) groups excluding carboxylic acids is 2. The minimum absolute atomic E-state index is 0.0610. The zero-order valence-electron chi connectivity index (χ0n) is 18.2. The van der Waals surface area contributed by atoms with Crippen LogP contribution >= 0.6 is 0 Å². The maximum atomic E-state index is 12.7. The summed E-state index contributed by atoms with van der Waals surface area (Å²) in [5, 5.41) is 0. The summed E-state index contributed by atoms with van der Waals surface area (Å²) in [5.41, 5.74) is 4.29. The maximum Gasteiger partial charge on any atom is 0.340 e. The molecule has 0 saturated heterocycles. The molecule has 1 aromatic rings. The molecule has 5 atom stereocenters. The molecule has 1 aromatic heterocycles. The van der Waals surface area contributed by atoms with E-state index < -0.39 is 0 Å². The summed E-state index contributed by atoms with van der Waals surface area (Å²) in [6, 6.07) is 1.84. The highest BCUT2D eigenvalue weighted by Crippen LogP contribution is 2.62. The third kappa shape index (κ3) is 2.83. The molecule has 2 saturated carbocycles. The van der Waals surface area contributed by atoms with Gasteiger partial charge in [-0.3, -0.25) is 9.78 Å². The van der Waals surface area contributed by atoms with Crippen molar-refractivity contribution in [2.75, 3.05) is 0 Å². The van der Waals surface area contributed by atoms with E-state index in [1.54, 1.807) is 12.4 Å². The normalized spacial score (nSPS) is 37.4. The third-order valence-electron chi connectivity index (χ3n) is 8.74. The molecule has 30 heavy (non-hydrogen) atoms. The van der Waals surface area contributed by atoms with E-state index in [4.69, 9.17) is 4.74 Å². The van der Waals surface area contributed by atoms with Crippen molar-refractivity contribution >= 4 is 11.8 Å². The number of hydrogen-bond donors (Lipinski definition) is 0. The molecule has 0 unspecified atom stereocenters. The smallest absolute Gasteiger partial charge is 0.340 e. The summed E-state index contributed by atoms with van der Waals surface area (Å²) in [4.78, 5) is 29.3. The van der Waals surface area contributed by atoms with Gasteiger partial charge in [-0.2, -0.15) is 0 Å². The molecule has 4 heteroatoms. The van der Waals surface area contributed by atoms with Crippen LogP contribution in [-0.2, 0) is 9.53 Å². The van der Waals surface area contributed by atoms with Crippen molar-refractivity contribution in [1.82, 2.24) is 4.98 Å². The minimum Gasteiger partial charge on any atom is -0.458 e. The number of Topliss-reactive ketones (excluding diaryl/α,β-unsaturated/α-hetero) is 1. The summed E-state index contributed by atoms with van der Waals surface area (Å²) in [6.45, 7) is 6.50. The quantitative estimate of drug-likeness (QED) is 0.490. The van der Waals surface area contributed by atoms with E-state index in [-0.39, 0.29) is 22.9 Å². The number of rotatable bonds is 2. The molecule has 0 amide bonds. The fourth-order valence-corrected chi connectivity index (χ4v) is 6.78. The summed E-state index contributed by atoms with van der Waals surface area (Å²) < 4.78 is 5.91. The Morgan fingerprint density at radius 1 is 1.20 bits per heavy atom. The average molecular weight is 406 g/mol. The SMILES string of the molecule is Cc1ccncc1C(=O)O[C@H]1CC[C@@]2(C)C(=CC[C@H]3C4=CCC(=O)[C@@]4(C)CC[C@@H]32)C1. The average Bonchev–Trinajstić information content (AvgIpc) is 3.03. The van der Waals surface area contributed by atoms with Gasteiger partial charge in [0.15, 0.2) is 0 Å². The van der Waals surface area contributed by atoms with Crippen LogP contribution in [0.1, 0.15) is 74.7 Å². The first kappa shape index (κ1) is 19.7. The maximum absolute atomic E-state index is 12.7. The fourth-order valence-electron chi connectivity index (χ4n) is 6.78. The van der Waals surface area contributed by atoms with Crippen LogP contribution in [-0.4, -0.2) is 22.8 Å². The van der Waals surface area contributed by atoms with Gasteiger partial charge in [-0.05, 0) is 74.8 Å². The second-order valence-electron chi connectivity index (χ2n) is 10.2. The van der Waals surface area contributed by atoms with Gasteiger partial charge in [-0.15, -0.1) is 0 Å². The van der Waals surface area contributed by atoms with Gasteiger partial charge in [0, 0.05) is 30.7 Å². The zero-order valence-corrected chi connectivity index (χ0v) is 18.2. The van der Waals surface area contributed by atoms with Crippen LogP contribution in [0.15, 0.2) is 41.8 Å². The van der Waals surface area contributed by atoms with Crippen molar-refractivity contribution < 1.29 is 14.3 Å². The number of carbonyl (C=O) groups is 2. The standard InChI is InChI=1S/C26H31NO3/c1-16-10-13-27-15-20(16)24(29)30-18-8-11-25(2)17(14-18)4-5-19-21-6-7-23(28)26(21,3)12-9-22(19)25/h4,6,10,13,15,18-19,22H,5,7-9,11-12,14H2,1-3H3/t18-,19-,22-,25-,26-/m0/s1. The molecule has 158 valence electrons. The van der Waals surface area contributed by atoms with Crippen LogP contribution in [0.4, 0.5) is 0 Å². The van der Waals surface area contributed by atoms with E-state index in [2.05, 4.69) is 31.0 Å². The van der Waals surface area contributed by atoms with Gasteiger partial charge in [0.1, 0.15) is 11.9 Å². The van der Waals surface area contributed by atoms with Crippen molar-refractivity contribution in [3.8, 4) is 0 Å². The van der Waals surface area contributed by atoms with Crippen LogP contribution in [0.5, 0.6) is 0 Å². The second kappa shape index (κ2) is 6.90. The molecule has 4 aliphatic rings. The summed E-state index contributed by atoms with van der Waals surface area (Å²) >= 11 is 0. The Hall–Kier alpha value is -2.23. The van der Waals surface area contributed by atoms with Crippen LogP contribution in [0.3, 0.4) is 0 Å². The van der Waals surface area contributed by atoms with E-state index in [0.717, 1.165) is 44.1 Å². The molecule has 4 aliphatic carbocycles. The molecular formula is C26H31NO3. The molecule has 2 fully saturated rings. The Morgan fingerprint density at radius 3 is 2.83 bits per heavy atom. The Balaban J connectivity index is 1.34. The highest BCUT2D eigenvalue weighted by molar-refractivity contribution is 5.92. The lowest BCUT2D eigenvalue weighted by Crippen LogP contribution is -2.48. The third-order valence-corrected chi connectivity index (χ3v) is 8.74. The van der Waals surface area contributed by atoms with Crippen LogP contribution in [0.25, 0.3) is 0 Å². The number of nitrogens with zero attached hydrogens (tertiary/aromatic N) is 1. The van der Waals surface area contributed by atoms with Crippen LogP contribution in [0.2, 0.25) is 0 Å². The van der Waals surface area contributed by atoms with Crippen molar-refractivity contribution in [3.05, 3.63) is 52.9 Å². The monoisotopic (exact) mass is 405 g/mol. The number of allylic oxidation sites excluding steroid dienone is 3. The minimum atomic E-state index is -0.258. The Morgan fingerprint density at radius 2 is 2.03 bits per heavy atom. The molecular weight excluding hydrogens is 374 g/mol. The molecule has 0 aliphatic heterocycles. The van der Waals surface area contributed by atoms with E-state index in [1.165, 1.54) is 11.1 Å². The highest BCUT2D eigenvalue weighted by atomic mass is 16.5. The zero-order chi connectivity index (χ0) is 21.1. The van der Waals surface area contributed by atoms with E-state index in [1.807, 2.05) is 13.0 Å². The molecule has 0 radical (unpaired) electrons. The Kier molecular flexibility index (Phi) is 4.53. The van der Waals surface area contributed by atoms with Gasteiger partial charge < -0.3 is 4.74 Å².